The summed E-state index contributed by atoms with van der Waals surface area (Å²) in [5.41, 5.74) is 6.89. The lowest BCUT2D eigenvalue weighted by Crippen LogP contribution is -2.31. The first-order valence-corrected chi connectivity index (χ1v) is 10.2. The third-order valence-electron chi connectivity index (χ3n) is 6.15. The molecule has 3 aromatic rings. The molecule has 0 spiro atoms. The van der Waals surface area contributed by atoms with Crippen LogP contribution >= 0.6 is 0 Å². The lowest BCUT2D eigenvalue weighted by atomic mass is 9.94. The number of fused-ring (bicyclic) bond motifs is 1. The van der Waals surface area contributed by atoms with Crippen LogP contribution in [0.4, 0.5) is 0 Å². The number of nitrogens with zero attached hydrogens (tertiary/aromatic N) is 2. The van der Waals surface area contributed by atoms with Crippen molar-refractivity contribution in [1.29, 1.82) is 0 Å². The van der Waals surface area contributed by atoms with Crippen LogP contribution in [-0.4, -0.2) is 4.57 Å². The average Bonchev–Trinajstić information content (AvgIpc) is 2.95. The van der Waals surface area contributed by atoms with Gasteiger partial charge in [0.2, 0.25) is 0 Å². The molecule has 2 aromatic carbocycles. The molecule has 4 rings (SSSR count). The monoisotopic (exact) mass is 347 g/mol. The van der Waals surface area contributed by atoms with Gasteiger partial charge in [0.1, 0.15) is 6.04 Å². The third-order valence-corrected chi connectivity index (χ3v) is 6.15. The van der Waals surface area contributed by atoms with Crippen molar-refractivity contribution in [2.75, 3.05) is 0 Å². The van der Waals surface area contributed by atoms with Gasteiger partial charge < -0.3 is 0 Å². The van der Waals surface area contributed by atoms with E-state index in [-0.39, 0.29) is 0 Å². The van der Waals surface area contributed by atoms with Crippen LogP contribution in [-0.2, 0) is 7.05 Å². The van der Waals surface area contributed by atoms with Crippen molar-refractivity contribution in [2.24, 2.45) is 7.05 Å². The molecule has 2 nitrogen and oxygen atoms in total. The van der Waals surface area contributed by atoms with Gasteiger partial charge in [-0.25, -0.2) is 9.13 Å². The molecule has 26 heavy (non-hydrogen) atoms. The van der Waals surface area contributed by atoms with Crippen molar-refractivity contribution < 1.29 is 4.57 Å². The molecule has 1 fully saturated rings. The van der Waals surface area contributed by atoms with Crippen LogP contribution < -0.4 is 4.57 Å². The maximum Gasteiger partial charge on any atom is 0.290 e. The van der Waals surface area contributed by atoms with Crippen molar-refractivity contribution in [1.82, 2.24) is 4.57 Å². The van der Waals surface area contributed by atoms with Crippen molar-refractivity contribution >= 4 is 11.0 Å². The summed E-state index contributed by atoms with van der Waals surface area (Å²) in [6.45, 7) is 6.81. The first-order valence-electron chi connectivity index (χ1n) is 10.2. The number of aryl methyl sites for hydroxylation is 2. The second kappa shape index (κ2) is 6.90. The Balaban J connectivity index is 1.95. The molecule has 0 saturated heterocycles. The van der Waals surface area contributed by atoms with Gasteiger partial charge in [0.05, 0.1) is 12.6 Å². The Bertz CT molecular complexity index is 927. The largest absolute Gasteiger partial charge is 0.290 e. The topological polar surface area (TPSA) is 8.81 Å². The molecule has 0 unspecified atom stereocenters. The number of para-hydroxylation sites is 2. The fourth-order valence-corrected chi connectivity index (χ4v) is 4.66. The molecule has 136 valence electrons. The molecule has 0 aliphatic heterocycles. The molecule has 1 aliphatic carbocycles. The molecule has 1 aromatic heterocycles. The van der Waals surface area contributed by atoms with Gasteiger partial charge in [-0.1, -0.05) is 44.5 Å². The summed E-state index contributed by atoms with van der Waals surface area (Å²) in [4.78, 5) is 0. The number of aromatic nitrogens is 2. The summed E-state index contributed by atoms with van der Waals surface area (Å²) in [6, 6.07) is 16.6. The van der Waals surface area contributed by atoms with Gasteiger partial charge in [0, 0.05) is 0 Å². The molecule has 1 saturated carbocycles. The van der Waals surface area contributed by atoms with Crippen LogP contribution in [0.1, 0.15) is 69.0 Å². The molecule has 2 heteroatoms. The summed E-state index contributed by atoms with van der Waals surface area (Å²) in [5.74, 6) is 1.94. The van der Waals surface area contributed by atoms with Crippen LogP contribution in [0.15, 0.2) is 42.5 Å². The van der Waals surface area contributed by atoms with Gasteiger partial charge in [-0.2, -0.15) is 0 Å². The number of rotatable bonds is 3. The Morgan fingerprint density at radius 3 is 2.42 bits per heavy atom. The fourth-order valence-electron chi connectivity index (χ4n) is 4.66. The Morgan fingerprint density at radius 1 is 1.00 bits per heavy atom. The highest BCUT2D eigenvalue weighted by Gasteiger charge is 2.31. The van der Waals surface area contributed by atoms with E-state index in [1.54, 1.807) is 0 Å². The van der Waals surface area contributed by atoms with Gasteiger partial charge >= 0.3 is 0 Å². The Hall–Kier alpha value is -2.09. The highest BCUT2D eigenvalue weighted by Crippen LogP contribution is 2.36. The minimum absolute atomic E-state index is 0.570. The predicted octanol–water partition coefficient (Wildman–Crippen LogP) is 6.07. The highest BCUT2D eigenvalue weighted by atomic mass is 15.2. The van der Waals surface area contributed by atoms with Gasteiger partial charge in [0.25, 0.3) is 5.82 Å². The van der Waals surface area contributed by atoms with E-state index in [4.69, 9.17) is 0 Å². The standard InChI is InChI=1S/C24H31N2/c1-17(2)19-14-15-21(18(3)16-19)24-25(4)22-12-8-9-13-23(22)26(24)20-10-6-5-7-11-20/h8-9,12-17,20H,5-7,10-11H2,1-4H3/q+1. The minimum atomic E-state index is 0.570. The normalized spacial score (nSPS) is 15.9. The molecule has 0 amide bonds. The van der Waals surface area contributed by atoms with Crippen molar-refractivity contribution in [2.45, 2.75) is 64.8 Å². The summed E-state index contributed by atoms with van der Waals surface area (Å²) in [7, 11) is 2.23. The fraction of sp³-hybridized carbons (Fsp3) is 0.458. The van der Waals surface area contributed by atoms with E-state index in [1.165, 1.54) is 65.7 Å². The summed E-state index contributed by atoms with van der Waals surface area (Å²) in [6.07, 6.45) is 6.69. The SMILES string of the molecule is Cc1cc(C(C)C)ccc1-c1n(C2CCCCC2)c2ccccc2[n+]1C. The molecular formula is C24H31N2+. The summed E-state index contributed by atoms with van der Waals surface area (Å²) in [5, 5.41) is 0. The molecular weight excluding hydrogens is 316 g/mol. The highest BCUT2D eigenvalue weighted by molar-refractivity contribution is 5.77. The molecule has 0 radical (unpaired) electrons. The minimum Gasteiger partial charge on any atom is -0.226 e. The zero-order valence-corrected chi connectivity index (χ0v) is 16.6. The van der Waals surface area contributed by atoms with Gasteiger partial charge in [-0.3, -0.25) is 0 Å². The van der Waals surface area contributed by atoms with Gasteiger partial charge in [0.15, 0.2) is 11.0 Å². The number of imidazole rings is 1. The number of hydrogen-bond acceptors (Lipinski definition) is 0. The van der Waals surface area contributed by atoms with Crippen molar-refractivity contribution in [3.05, 3.63) is 53.6 Å². The zero-order valence-electron chi connectivity index (χ0n) is 16.6. The van der Waals surface area contributed by atoms with E-state index in [0.717, 1.165) is 0 Å². The summed E-state index contributed by atoms with van der Waals surface area (Å²) >= 11 is 0. The number of benzene rings is 2. The third kappa shape index (κ3) is 2.86. The maximum absolute atomic E-state index is 2.64. The van der Waals surface area contributed by atoms with E-state index in [1.807, 2.05) is 0 Å². The van der Waals surface area contributed by atoms with Crippen LogP contribution in [0.2, 0.25) is 0 Å². The van der Waals surface area contributed by atoms with Crippen molar-refractivity contribution in [3.63, 3.8) is 0 Å². The Kier molecular flexibility index (Phi) is 4.60. The van der Waals surface area contributed by atoms with E-state index in [9.17, 15) is 0 Å². The second-order valence-corrected chi connectivity index (χ2v) is 8.26. The van der Waals surface area contributed by atoms with Gasteiger partial charge in [-0.05, 0) is 67.9 Å². The summed E-state index contributed by atoms with van der Waals surface area (Å²) < 4.78 is 5.05. The Labute approximate surface area is 157 Å². The molecule has 1 heterocycles. The van der Waals surface area contributed by atoms with Crippen molar-refractivity contribution in [3.8, 4) is 11.4 Å². The quantitative estimate of drug-likeness (QED) is 0.508. The van der Waals surface area contributed by atoms with E-state index in [2.05, 4.69) is 79.4 Å². The van der Waals surface area contributed by atoms with Crippen LogP contribution in [0.25, 0.3) is 22.4 Å². The van der Waals surface area contributed by atoms with E-state index < -0.39 is 0 Å². The van der Waals surface area contributed by atoms with E-state index >= 15 is 0 Å². The molecule has 0 N–H and O–H groups in total. The van der Waals surface area contributed by atoms with Crippen LogP contribution in [0.3, 0.4) is 0 Å². The van der Waals surface area contributed by atoms with Crippen LogP contribution in [0, 0.1) is 6.92 Å². The second-order valence-electron chi connectivity index (χ2n) is 8.26. The Morgan fingerprint density at radius 2 is 1.73 bits per heavy atom. The molecule has 0 bridgehead atoms. The number of hydrogen-bond donors (Lipinski definition) is 0. The zero-order chi connectivity index (χ0) is 18.3. The lowest BCUT2D eigenvalue weighted by molar-refractivity contribution is -0.634. The molecule has 1 aliphatic rings. The first kappa shape index (κ1) is 17.3. The van der Waals surface area contributed by atoms with E-state index in [0.29, 0.717) is 12.0 Å². The smallest absolute Gasteiger partial charge is 0.226 e. The molecule has 0 atom stereocenters. The van der Waals surface area contributed by atoms with Crippen LogP contribution in [0.5, 0.6) is 0 Å². The average molecular weight is 348 g/mol. The first-order chi connectivity index (χ1) is 12.6. The van der Waals surface area contributed by atoms with Gasteiger partial charge in [-0.15, -0.1) is 0 Å². The maximum atomic E-state index is 2.64. The lowest BCUT2D eigenvalue weighted by Gasteiger charge is -2.21. The predicted molar refractivity (Wildman–Crippen MR) is 109 cm³/mol.